The number of halogens is 1. The number of carbonyl (C=O) groups is 1. The zero-order valence-corrected chi connectivity index (χ0v) is 12.9. The van der Waals surface area contributed by atoms with E-state index in [-0.39, 0.29) is 12.5 Å². The molecule has 112 valence electrons. The fourth-order valence-electron chi connectivity index (χ4n) is 1.98. The second-order valence-corrected chi connectivity index (χ2v) is 5.07. The van der Waals surface area contributed by atoms with Crippen LogP contribution < -0.4 is 5.32 Å². The minimum absolute atomic E-state index is 0.0377. The maximum Gasteiger partial charge on any atom is 0.256 e. The molecule has 1 aromatic rings. The van der Waals surface area contributed by atoms with Crippen molar-refractivity contribution in [1.29, 1.82) is 0 Å². The number of carbonyl (C=O) groups excluding carboxylic acids is 1. The zero-order valence-electron chi connectivity index (χ0n) is 12.2. The quantitative estimate of drug-likeness (QED) is 0.776. The Morgan fingerprint density at radius 2 is 2.05 bits per heavy atom. The van der Waals surface area contributed by atoms with Gasteiger partial charge in [0.1, 0.15) is 0 Å². The highest BCUT2D eigenvalue weighted by Gasteiger charge is 2.18. The Bertz CT molecular complexity index is 432. The van der Waals surface area contributed by atoms with Crippen molar-refractivity contribution in [1.82, 2.24) is 4.90 Å². The van der Waals surface area contributed by atoms with Gasteiger partial charge < -0.3 is 15.3 Å². The number of nitrogens with zero attached hydrogens (tertiary/aromatic N) is 1. The number of aliphatic hydroxyl groups excluding tert-OH is 1. The number of aliphatic hydroxyl groups is 1. The maximum absolute atomic E-state index is 12.6. The second kappa shape index (κ2) is 8.82. The van der Waals surface area contributed by atoms with Crippen molar-refractivity contribution in [2.45, 2.75) is 26.7 Å². The first kappa shape index (κ1) is 16.8. The summed E-state index contributed by atoms with van der Waals surface area (Å²) in [5.74, 6) is -0.0954. The Morgan fingerprint density at radius 1 is 1.30 bits per heavy atom. The molecule has 0 aliphatic heterocycles. The summed E-state index contributed by atoms with van der Waals surface area (Å²) in [5.41, 5.74) is 1.35. The molecule has 0 unspecified atom stereocenters. The Labute approximate surface area is 125 Å². The van der Waals surface area contributed by atoms with Crippen molar-refractivity contribution in [3.05, 3.63) is 28.8 Å². The fourth-order valence-corrected chi connectivity index (χ4v) is 2.16. The van der Waals surface area contributed by atoms with Crippen LogP contribution in [0, 0.1) is 0 Å². The lowest BCUT2D eigenvalue weighted by Gasteiger charge is -2.23. The van der Waals surface area contributed by atoms with Gasteiger partial charge >= 0.3 is 0 Å². The van der Waals surface area contributed by atoms with Crippen LogP contribution >= 0.6 is 11.6 Å². The van der Waals surface area contributed by atoms with Crippen LogP contribution in [0.3, 0.4) is 0 Å². The van der Waals surface area contributed by atoms with Crippen LogP contribution in [0.2, 0.25) is 5.02 Å². The van der Waals surface area contributed by atoms with Gasteiger partial charge in [0.05, 0.1) is 12.2 Å². The molecule has 0 saturated carbocycles. The summed E-state index contributed by atoms with van der Waals surface area (Å²) >= 11 is 6.01. The molecule has 0 radical (unpaired) electrons. The predicted molar refractivity (Wildman–Crippen MR) is 83.5 cm³/mol. The number of nitrogens with one attached hydrogen (secondary N) is 1. The van der Waals surface area contributed by atoms with Gasteiger partial charge in [-0.05, 0) is 31.0 Å². The van der Waals surface area contributed by atoms with Crippen LogP contribution in [-0.4, -0.2) is 42.2 Å². The SMILES string of the molecule is CCCNc1ccc(Cl)cc1C(=O)N(CCC)CCO. The number of hydrogen-bond acceptors (Lipinski definition) is 3. The molecule has 0 aliphatic carbocycles. The number of rotatable bonds is 8. The lowest BCUT2D eigenvalue weighted by molar-refractivity contribution is 0.0723. The summed E-state index contributed by atoms with van der Waals surface area (Å²) in [6.45, 7) is 5.80. The molecule has 1 amide bonds. The zero-order chi connectivity index (χ0) is 15.0. The molecule has 0 aromatic heterocycles. The molecule has 0 fully saturated rings. The van der Waals surface area contributed by atoms with Gasteiger partial charge in [0, 0.05) is 30.3 Å². The first-order valence-electron chi connectivity index (χ1n) is 7.07. The predicted octanol–water partition coefficient (Wildman–Crippen LogP) is 3.01. The van der Waals surface area contributed by atoms with Gasteiger partial charge in [-0.25, -0.2) is 0 Å². The van der Waals surface area contributed by atoms with Crippen LogP contribution in [-0.2, 0) is 0 Å². The van der Waals surface area contributed by atoms with Crippen molar-refractivity contribution in [3.63, 3.8) is 0 Å². The molecular weight excluding hydrogens is 276 g/mol. The summed E-state index contributed by atoms with van der Waals surface area (Å²) in [6, 6.07) is 5.28. The lowest BCUT2D eigenvalue weighted by atomic mass is 10.1. The van der Waals surface area contributed by atoms with Gasteiger partial charge in [0.25, 0.3) is 5.91 Å². The largest absolute Gasteiger partial charge is 0.395 e. The van der Waals surface area contributed by atoms with Crippen molar-refractivity contribution >= 4 is 23.2 Å². The molecule has 0 atom stereocenters. The molecule has 2 N–H and O–H groups in total. The molecule has 20 heavy (non-hydrogen) atoms. The lowest BCUT2D eigenvalue weighted by Crippen LogP contribution is -2.34. The van der Waals surface area contributed by atoms with Gasteiger partial charge in [-0.15, -0.1) is 0 Å². The third-order valence-corrected chi connectivity index (χ3v) is 3.16. The summed E-state index contributed by atoms with van der Waals surface area (Å²) in [5, 5.41) is 12.9. The number of amides is 1. The topological polar surface area (TPSA) is 52.6 Å². The van der Waals surface area contributed by atoms with E-state index in [1.54, 1.807) is 17.0 Å². The number of hydrogen-bond donors (Lipinski definition) is 2. The molecule has 0 saturated heterocycles. The van der Waals surface area contributed by atoms with Crippen LogP contribution in [0.1, 0.15) is 37.0 Å². The van der Waals surface area contributed by atoms with Crippen molar-refractivity contribution in [2.75, 3.05) is 31.6 Å². The average molecular weight is 299 g/mol. The Hall–Kier alpha value is -1.26. The average Bonchev–Trinajstić information content (AvgIpc) is 2.45. The number of anilines is 1. The van der Waals surface area contributed by atoms with E-state index in [0.29, 0.717) is 23.7 Å². The van der Waals surface area contributed by atoms with Crippen LogP contribution in [0.25, 0.3) is 0 Å². The van der Waals surface area contributed by atoms with Gasteiger partial charge in [-0.2, -0.15) is 0 Å². The van der Waals surface area contributed by atoms with Crippen LogP contribution in [0.15, 0.2) is 18.2 Å². The van der Waals surface area contributed by atoms with Crippen molar-refractivity contribution < 1.29 is 9.90 Å². The van der Waals surface area contributed by atoms with E-state index in [2.05, 4.69) is 12.2 Å². The first-order valence-corrected chi connectivity index (χ1v) is 7.45. The normalized spacial score (nSPS) is 10.4. The Balaban J connectivity index is 3.01. The van der Waals surface area contributed by atoms with E-state index in [4.69, 9.17) is 16.7 Å². The summed E-state index contributed by atoms with van der Waals surface area (Å²) in [7, 11) is 0. The summed E-state index contributed by atoms with van der Waals surface area (Å²) in [6.07, 6.45) is 1.83. The molecule has 4 nitrogen and oxygen atoms in total. The maximum atomic E-state index is 12.6. The second-order valence-electron chi connectivity index (χ2n) is 4.63. The summed E-state index contributed by atoms with van der Waals surface area (Å²) < 4.78 is 0. The Kier molecular flexibility index (Phi) is 7.41. The van der Waals surface area contributed by atoms with E-state index in [9.17, 15) is 4.79 Å². The molecule has 0 aliphatic rings. The highest BCUT2D eigenvalue weighted by molar-refractivity contribution is 6.31. The first-order chi connectivity index (χ1) is 9.63. The monoisotopic (exact) mass is 298 g/mol. The molecule has 0 spiro atoms. The van der Waals surface area contributed by atoms with E-state index in [0.717, 1.165) is 25.1 Å². The third kappa shape index (κ3) is 4.69. The van der Waals surface area contributed by atoms with Crippen LogP contribution in [0.5, 0.6) is 0 Å². The van der Waals surface area contributed by atoms with Crippen molar-refractivity contribution in [3.8, 4) is 0 Å². The van der Waals surface area contributed by atoms with Gasteiger partial charge in [-0.1, -0.05) is 25.4 Å². The molecule has 1 rings (SSSR count). The van der Waals surface area contributed by atoms with E-state index >= 15 is 0 Å². The molecule has 0 heterocycles. The van der Waals surface area contributed by atoms with Gasteiger partial charge in [-0.3, -0.25) is 4.79 Å². The van der Waals surface area contributed by atoms with Gasteiger partial charge in [0.15, 0.2) is 0 Å². The minimum Gasteiger partial charge on any atom is -0.395 e. The fraction of sp³-hybridized carbons (Fsp3) is 0.533. The van der Waals surface area contributed by atoms with E-state index < -0.39 is 0 Å². The summed E-state index contributed by atoms with van der Waals surface area (Å²) in [4.78, 5) is 14.2. The molecular formula is C15H23ClN2O2. The van der Waals surface area contributed by atoms with Crippen molar-refractivity contribution in [2.24, 2.45) is 0 Å². The minimum atomic E-state index is -0.0954. The van der Waals surface area contributed by atoms with Gasteiger partial charge in [0.2, 0.25) is 0 Å². The number of benzene rings is 1. The highest BCUT2D eigenvalue weighted by Crippen LogP contribution is 2.22. The Morgan fingerprint density at radius 3 is 2.65 bits per heavy atom. The van der Waals surface area contributed by atoms with E-state index in [1.807, 2.05) is 13.0 Å². The molecule has 1 aromatic carbocycles. The van der Waals surface area contributed by atoms with Crippen LogP contribution in [0.4, 0.5) is 5.69 Å². The molecule has 5 heteroatoms. The smallest absolute Gasteiger partial charge is 0.256 e. The molecule has 0 bridgehead atoms. The third-order valence-electron chi connectivity index (χ3n) is 2.93. The highest BCUT2D eigenvalue weighted by atomic mass is 35.5. The van der Waals surface area contributed by atoms with E-state index in [1.165, 1.54) is 0 Å². The standard InChI is InChI=1S/C15H23ClN2O2/c1-3-7-17-14-6-5-12(16)11-13(14)15(20)18(8-4-2)9-10-19/h5-6,11,17,19H,3-4,7-10H2,1-2H3.